The van der Waals surface area contributed by atoms with Gasteiger partial charge in [0.15, 0.2) is 5.78 Å². The maximum atomic E-state index is 13.4. The van der Waals surface area contributed by atoms with Crippen LogP contribution in [0.15, 0.2) is 42.5 Å². The fourth-order valence-corrected chi connectivity index (χ4v) is 3.88. The SMILES string of the molecule is O=C1CC2(CCN(Cc3ccc(F)cc3)CC2)Nc2ccc(F)cc21. The zero-order valence-corrected chi connectivity index (χ0v) is 13.9. The minimum atomic E-state index is -0.376. The molecule has 2 heterocycles. The summed E-state index contributed by atoms with van der Waals surface area (Å²) in [5.41, 5.74) is 2.05. The average molecular weight is 342 g/mol. The first kappa shape index (κ1) is 16.2. The zero-order chi connectivity index (χ0) is 17.4. The molecule has 5 heteroatoms. The van der Waals surface area contributed by atoms with E-state index >= 15 is 0 Å². The topological polar surface area (TPSA) is 32.3 Å². The van der Waals surface area contributed by atoms with Crippen LogP contribution in [0.4, 0.5) is 14.5 Å². The zero-order valence-electron chi connectivity index (χ0n) is 13.9. The van der Waals surface area contributed by atoms with Crippen LogP contribution in [0.5, 0.6) is 0 Å². The van der Waals surface area contributed by atoms with Gasteiger partial charge in [0.1, 0.15) is 11.6 Å². The van der Waals surface area contributed by atoms with Gasteiger partial charge in [-0.25, -0.2) is 8.78 Å². The van der Waals surface area contributed by atoms with Crippen LogP contribution < -0.4 is 5.32 Å². The van der Waals surface area contributed by atoms with Crippen LogP contribution in [0.25, 0.3) is 0 Å². The van der Waals surface area contributed by atoms with Gasteiger partial charge in [0.25, 0.3) is 0 Å². The van der Waals surface area contributed by atoms with Crippen molar-refractivity contribution in [3.63, 3.8) is 0 Å². The molecule has 0 bridgehead atoms. The number of piperidine rings is 1. The number of nitrogens with zero attached hydrogens (tertiary/aromatic N) is 1. The van der Waals surface area contributed by atoms with Crippen LogP contribution in [0.1, 0.15) is 35.2 Å². The van der Waals surface area contributed by atoms with Crippen LogP contribution in [-0.4, -0.2) is 29.3 Å². The molecular formula is C20H20F2N2O. The molecule has 4 rings (SSSR count). The average Bonchev–Trinajstić information content (AvgIpc) is 2.60. The van der Waals surface area contributed by atoms with E-state index in [1.807, 2.05) is 12.1 Å². The highest BCUT2D eigenvalue weighted by Crippen LogP contribution is 2.37. The molecule has 2 aromatic carbocycles. The molecule has 1 fully saturated rings. The number of halogens is 2. The first-order valence-electron chi connectivity index (χ1n) is 8.61. The van der Waals surface area contributed by atoms with E-state index in [0.29, 0.717) is 12.0 Å². The van der Waals surface area contributed by atoms with Crippen LogP contribution in [0.2, 0.25) is 0 Å². The van der Waals surface area contributed by atoms with Gasteiger partial charge in [-0.15, -0.1) is 0 Å². The molecule has 130 valence electrons. The first-order valence-corrected chi connectivity index (χ1v) is 8.61. The Hall–Kier alpha value is -2.27. The van der Waals surface area contributed by atoms with E-state index in [0.717, 1.165) is 43.7 Å². The number of nitrogens with one attached hydrogen (secondary N) is 1. The number of carbonyl (C=O) groups is 1. The quantitative estimate of drug-likeness (QED) is 0.895. The minimum Gasteiger partial charge on any atom is -0.378 e. The number of likely N-dealkylation sites (tertiary alicyclic amines) is 1. The van der Waals surface area contributed by atoms with Crippen molar-refractivity contribution in [3.05, 3.63) is 65.2 Å². The smallest absolute Gasteiger partial charge is 0.167 e. The normalized spacial score (nSPS) is 19.5. The van der Waals surface area contributed by atoms with Crippen molar-refractivity contribution in [2.24, 2.45) is 0 Å². The number of anilines is 1. The lowest BCUT2D eigenvalue weighted by Crippen LogP contribution is -2.52. The number of Topliss-reactive ketones (excluding diaryl/α,β-unsaturated/α-hetero) is 1. The second-order valence-corrected chi connectivity index (χ2v) is 7.10. The number of benzene rings is 2. The molecule has 2 aliphatic rings. The van der Waals surface area contributed by atoms with E-state index in [1.54, 1.807) is 6.07 Å². The predicted molar refractivity (Wildman–Crippen MR) is 92.6 cm³/mol. The third-order valence-electron chi connectivity index (χ3n) is 5.31. The molecule has 1 saturated heterocycles. The molecule has 1 N–H and O–H groups in total. The number of hydrogen-bond acceptors (Lipinski definition) is 3. The van der Waals surface area contributed by atoms with Crippen molar-refractivity contribution in [1.29, 1.82) is 0 Å². The number of fused-ring (bicyclic) bond motifs is 1. The molecule has 0 aliphatic carbocycles. The maximum Gasteiger partial charge on any atom is 0.167 e. The molecule has 25 heavy (non-hydrogen) atoms. The van der Waals surface area contributed by atoms with Crippen molar-refractivity contribution >= 4 is 11.5 Å². The first-order chi connectivity index (χ1) is 12.0. The summed E-state index contributed by atoms with van der Waals surface area (Å²) in [7, 11) is 0. The second-order valence-electron chi connectivity index (χ2n) is 7.10. The van der Waals surface area contributed by atoms with Crippen molar-refractivity contribution in [2.45, 2.75) is 31.3 Å². The van der Waals surface area contributed by atoms with Crippen molar-refractivity contribution < 1.29 is 13.6 Å². The Morgan fingerprint density at radius 2 is 1.68 bits per heavy atom. The minimum absolute atomic E-state index is 0.0141. The van der Waals surface area contributed by atoms with Gasteiger partial charge >= 0.3 is 0 Å². The van der Waals surface area contributed by atoms with Gasteiger partial charge in [0.2, 0.25) is 0 Å². The third kappa shape index (κ3) is 3.29. The van der Waals surface area contributed by atoms with Gasteiger partial charge in [-0.2, -0.15) is 0 Å². The molecule has 0 saturated carbocycles. The highest BCUT2D eigenvalue weighted by atomic mass is 19.1. The van der Waals surface area contributed by atoms with E-state index in [-0.39, 0.29) is 23.0 Å². The van der Waals surface area contributed by atoms with Gasteiger partial charge in [-0.1, -0.05) is 12.1 Å². The monoisotopic (exact) mass is 342 g/mol. The largest absolute Gasteiger partial charge is 0.378 e. The van der Waals surface area contributed by atoms with Crippen LogP contribution in [0, 0.1) is 11.6 Å². The highest BCUT2D eigenvalue weighted by Gasteiger charge is 2.40. The second kappa shape index (κ2) is 6.23. The van der Waals surface area contributed by atoms with Crippen molar-refractivity contribution in [1.82, 2.24) is 4.90 Å². The Kier molecular flexibility index (Phi) is 4.04. The van der Waals surface area contributed by atoms with Gasteiger partial charge in [-0.3, -0.25) is 9.69 Å². The molecule has 0 radical (unpaired) electrons. The van der Waals surface area contributed by atoms with E-state index in [1.165, 1.54) is 24.3 Å². The molecule has 0 atom stereocenters. The molecule has 0 amide bonds. The van der Waals surface area contributed by atoms with Crippen LogP contribution >= 0.6 is 0 Å². The molecule has 2 aliphatic heterocycles. The highest BCUT2D eigenvalue weighted by molar-refractivity contribution is 6.04. The summed E-state index contributed by atoms with van der Waals surface area (Å²) in [6.45, 7) is 2.52. The lowest BCUT2D eigenvalue weighted by Gasteiger charge is -2.45. The number of hydrogen-bond donors (Lipinski definition) is 1. The summed E-state index contributed by atoms with van der Waals surface area (Å²) in [5.74, 6) is -0.583. The van der Waals surface area contributed by atoms with Crippen LogP contribution in [0.3, 0.4) is 0 Å². The summed E-state index contributed by atoms with van der Waals surface area (Å²) in [4.78, 5) is 14.8. The fraction of sp³-hybridized carbons (Fsp3) is 0.350. The summed E-state index contributed by atoms with van der Waals surface area (Å²) < 4.78 is 26.4. The van der Waals surface area contributed by atoms with Gasteiger partial charge in [-0.05, 0) is 48.7 Å². The number of ketones is 1. The lowest BCUT2D eigenvalue weighted by molar-refractivity contribution is 0.0898. The summed E-state index contributed by atoms with van der Waals surface area (Å²) >= 11 is 0. The fourth-order valence-electron chi connectivity index (χ4n) is 3.88. The molecule has 3 nitrogen and oxygen atoms in total. The van der Waals surface area contributed by atoms with E-state index < -0.39 is 0 Å². The van der Waals surface area contributed by atoms with Crippen LogP contribution in [-0.2, 0) is 6.54 Å². The van der Waals surface area contributed by atoms with Gasteiger partial charge < -0.3 is 5.32 Å². The Balaban J connectivity index is 1.43. The Morgan fingerprint density at radius 1 is 1.00 bits per heavy atom. The summed E-state index contributed by atoms with van der Waals surface area (Å²) in [6, 6.07) is 11.0. The number of carbonyl (C=O) groups excluding carboxylic acids is 1. The summed E-state index contributed by atoms with van der Waals surface area (Å²) in [6.07, 6.45) is 2.13. The molecule has 1 spiro atoms. The standard InChI is InChI=1S/C20H20F2N2O/c21-15-3-1-14(2-4-15)13-24-9-7-20(8-10-24)12-19(25)17-11-16(22)5-6-18(17)23-20/h1-6,11,23H,7-10,12-13H2. The van der Waals surface area contributed by atoms with Gasteiger partial charge in [0.05, 0.1) is 0 Å². The molecule has 0 aromatic heterocycles. The number of rotatable bonds is 2. The van der Waals surface area contributed by atoms with E-state index in [9.17, 15) is 13.6 Å². The van der Waals surface area contributed by atoms with E-state index in [2.05, 4.69) is 10.2 Å². The van der Waals surface area contributed by atoms with Gasteiger partial charge in [0, 0.05) is 42.8 Å². The van der Waals surface area contributed by atoms with Crippen molar-refractivity contribution in [3.8, 4) is 0 Å². The predicted octanol–water partition coefficient (Wildman–Crippen LogP) is 4.00. The Morgan fingerprint density at radius 3 is 2.40 bits per heavy atom. The summed E-state index contributed by atoms with van der Waals surface area (Å²) in [5, 5.41) is 3.50. The molecular weight excluding hydrogens is 322 g/mol. The third-order valence-corrected chi connectivity index (χ3v) is 5.31. The molecule has 2 aromatic rings. The lowest BCUT2D eigenvalue weighted by atomic mass is 9.78. The Bertz CT molecular complexity index is 796. The Labute approximate surface area is 145 Å². The maximum absolute atomic E-state index is 13.4. The molecule has 0 unspecified atom stereocenters. The van der Waals surface area contributed by atoms with Crippen molar-refractivity contribution in [2.75, 3.05) is 18.4 Å². The van der Waals surface area contributed by atoms with E-state index in [4.69, 9.17) is 0 Å².